The van der Waals surface area contributed by atoms with Crippen LogP contribution < -0.4 is 4.74 Å². The molecule has 3 aromatic rings. The van der Waals surface area contributed by atoms with E-state index >= 15 is 0 Å². The largest absolute Gasteiger partial charge is 0.507 e. The third-order valence-corrected chi connectivity index (χ3v) is 3.20. The number of halogens is 1. The maximum atomic E-state index is 9.92. The molecule has 0 radical (unpaired) electrons. The number of phenolic OH excluding ortho intramolecular Hbond substituents is 1. The molecule has 0 bridgehead atoms. The van der Waals surface area contributed by atoms with Crippen molar-refractivity contribution in [3.05, 3.63) is 34.9 Å². The highest BCUT2D eigenvalue weighted by Crippen LogP contribution is 2.31. The number of nitrogens with zero attached hydrogens (tertiary/aromatic N) is 2. The predicted molar refractivity (Wildman–Crippen MR) is 75.2 cm³/mol. The summed E-state index contributed by atoms with van der Waals surface area (Å²) >= 11 is 3.36. The first-order valence-corrected chi connectivity index (χ1v) is 6.35. The van der Waals surface area contributed by atoms with Crippen LogP contribution in [0.15, 0.2) is 34.9 Å². The van der Waals surface area contributed by atoms with Crippen molar-refractivity contribution < 1.29 is 9.84 Å². The van der Waals surface area contributed by atoms with Gasteiger partial charge < -0.3 is 14.8 Å². The molecule has 5 nitrogen and oxygen atoms in total. The molecule has 0 unspecified atom stereocenters. The molecule has 96 valence electrons. The molecule has 1 aromatic carbocycles. The molecule has 3 rings (SSSR count). The number of imidazole rings is 1. The van der Waals surface area contributed by atoms with Gasteiger partial charge in [0.15, 0.2) is 5.65 Å². The standard InChI is InChI=1S/C13H10BrN3O2/c1-19-8-2-3-11(18)9(5-8)12-16-10-4-7(14)6-15-13(10)17-12/h2-6,18H,1H3,(H,15,16,17). The number of fused-ring (bicyclic) bond motifs is 1. The molecule has 0 aliphatic rings. The molecule has 0 aliphatic carbocycles. The Hall–Kier alpha value is -2.08. The minimum Gasteiger partial charge on any atom is -0.507 e. The van der Waals surface area contributed by atoms with Crippen molar-refractivity contribution in [1.82, 2.24) is 15.0 Å². The molecule has 0 fully saturated rings. The van der Waals surface area contributed by atoms with Gasteiger partial charge in [0.25, 0.3) is 0 Å². The summed E-state index contributed by atoms with van der Waals surface area (Å²) in [5, 5.41) is 9.92. The fraction of sp³-hybridized carbons (Fsp3) is 0.0769. The number of H-pyrrole nitrogens is 1. The van der Waals surface area contributed by atoms with E-state index in [2.05, 4.69) is 30.9 Å². The van der Waals surface area contributed by atoms with E-state index in [1.807, 2.05) is 6.07 Å². The number of hydrogen-bond donors (Lipinski definition) is 2. The molecule has 2 N–H and O–H groups in total. The van der Waals surface area contributed by atoms with E-state index in [0.717, 1.165) is 9.99 Å². The molecular formula is C13H10BrN3O2. The number of nitrogens with one attached hydrogen (secondary N) is 1. The van der Waals surface area contributed by atoms with Gasteiger partial charge in [-0.3, -0.25) is 0 Å². The van der Waals surface area contributed by atoms with Crippen molar-refractivity contribution in [3.8, 4) is 22.9 Å². The predicted octanol–water partition coefficient (Wildman–Crippen LogP) is 3.10. The third kappa shape index (κ3) is 2.15. The van der Waals surface area contributed by atoms with E-state index in [-0.39, 0.29) is 5.75 Å². The fourth-order valence-corrected chi connectivity index (χ4v) is 2.17. The topological polar surface area (TPSA) is 71.0 Å². The van der Waals surface area contributed by atoms with Crippen LogP contribution in [0.1, 0.15) is 0 Å². The first-order valence-electron chi connectivity index (χ1n) is 5.56. The molecule has 2 aromatic heterocycles. The zero-order valence-corrected chi connectivity index (χ0v) is 11.6. The van der Waals surface area contributed by atoms with Gasteiger partial charge >= 0.3 is 0 Å². The Balaban J connectivity index is 2.18. The minimum atomic E-state index is 0.138. The van der Waals surface area contributed by atoms with Crippen LogP contribution in [0.4, 0.5) is 0 Å². The van der Waals surface area contributed by atoms with Crippen molar-refractivity contribution in [2.24, 2.45) is 0 Å². The lowest BCUT2D eigenvalue weighted by Gasteiger charge is -2.04. The summed E-state index contributed by atoms with van der Waals surface area (Å²) in [4.78, 5) is 11.7. The molecular weight excluding hydrogens is 310 g/mol. The molecule has 2 heterocycles. The summed E-state index contributed by atoms with van der Waals surface area (Å²) in [5.41, 5.74) is 1.97. The number of aromatic amines is 1. The third-order valence-electron chi connectivity index (χ3n) is 2.76. The fourth-order valence-electron chi connectivity index (χ4n) is 1.83. The average Bonchev–Trinajstić information content (AvgIpc) is 2.82. The SMILES string of the molecule is COc1ccc(O)c(-c2nc3ncc(Br)cc3[nH]2)c1. The van der Waals surface area contributed by atoms with E-state index in [1.165, 1.54) is 0 Å². The number of aromatic nitrogens is 3. The van der Waals surface area contributed by atoms with Crippen LogP contribution in [0.25, 0.3) is 22.6 Å². The number of pyridine rings is 1. The smallest absolute Gasteiger partial charge is 0.178 e. The second-order valence-electron chi connectivity index (χ2n) is 3.99. The van der Waals surface area contributed by atoms with Crippen molar-refractivity contribution in [1.29, 1.82) is 0 Å². The molecule has 0 spiro atoms. The minimum absolute atomic E-state index is 0.138. The Bertz CT molecular complexity index is 755. The van der Waals surface area contributed by atoms with Crippen LogP contribution in [0, 0.1) is 0 Å². The first kappa shape index (κ1) is 12.0. The van der Waals surface area contributed by atoms with Gasteiger partial charge in [0, 0.05) is 10.7 Å². The van der Waals surface area contributed by atoms with Gasteiger partial charge in [-0.15, -0.1) is 0 Å². The lowest BCUT2D eigenvalue weighted by molar-refractivity contribution is 0.412. The monoisotopic (exact) mass is 319 g/mol. The van der Waals surface area contributed by atoms with Gasteiger partial charge in [-0.25, -0.2) is 9.97 Å². The Labute approximate surface area is 117 Å². The maximum absolute atomic E-state index is 9.92. The summed E-state index contributed by atoms with van der Waals surface area (Å²) < 4.78 is 6.01. The Kier molecular flexibility index (Phi) is 2.87. The summed E-state index contributed by atoms with van der Waals surface area (Å²) in [6.45, 7) is 0. The number of ether oxygens (including phenoxy) is 1. The van der Waals surface area contributed by atoms with Crippen LogP contribution in [0.5, 0.6) is 11.5 Å². The number of aromatic hydroxyl groups is 1. The van der Waals surface area contributed by atoms with Crippen LogP contribution in [-0.2, 0) is 0 Å². The zero-order chi connectivity index (χ0) is 13.4. The number of rotatable bonds is 2. The highest BCUT2D eigenvalue weighted by Gasteiger charge is 2.11. The zero-order valence-electron chi connectivity index (χ0n) is 10.0. The van der Waals surface area contributed by atoms with Gasteiger partial charge in [-0.1, -0.05) is 0 Å². The number of hydrogen-bond acceptors (Lipinski definition) is 4. The number of phenols is 1. The van der Waals surface area contributed by atoms with E-state index in [1.54, 1.807) is 31.5 Å². The summed E-state index contributed by atoms with van der Waals surface area (Å²) in [5.74, 6) is 1.35. The molecule has 0 amide bonds. The van der Waals surface area contributed by atoms with E-state index in [4.69, 9.17) is 4.74 Å². The normalized spacial score (nSPS) is 10.8. The summed E-state index contributed by atoms with van der Waals surface area (Å²) in [6, 6.07) is 6.87. The lowest BCUT2D eigenvalue weighted by Crippen LogP contribution is -1.86. The molecule has 19 heavy (non-hydrogen) atoms. The maximum Gasteiger partial charge on any atom is 0.178 e. The van der Waals surface area contributed by atoms with Crippen LogP contribution in [0.2, 0.25) is 0 Å². The van der Waals surface area contributed by atoms with Gasteiger partial charge in [0.2, 0.25) is 0 Å². The van der Waals surface area contributed by atoms with Crippen molar-refractivity contribution >= 4 is 27.1 Å². The van der Waals surface area contributed by atoms with Gasteiger partial charge in [0.05, 0.1) is 18.2 Å². The number of methoxy groups -OCH3 is 1. The van der Waals surface area contributed by atoms with Gasteiger partial charge in [-0.2, -0.15) is 0 Å². The van der Waals surface area contributed by atoms with Crippen molar-refractivity contribution in [2.75, 3.05) is 7.11 Å². The lowest BCUT2D eigenvalue weighted by atomic mass is 10.2. The highest BCUT2D eigenvalue weighted by atomic mass is 79.9. The molecule has 0 aliphatic heterocycles. The Morgan fingerprint density at radius 2 is 2.16 bits per heavy atom. The average molecular weight is 320 g/mol. The first-order chi connectivity index (χ1) is 9.17. The van der Waals surface area contributed by atoms with E-state index < -0.39 is 0 Å². The van der Waals surface area contributed by atoms with Crippen molar-refractivity contribution in [3.63, 3.8) is 0 Å². The highest BCUT2D eigenvalue weighted by molar-refractivity contribution is 9.10. The Morgan fingerprint density at radius 1 is 1.32 bits per heavy atom. The van der Waals surface area contributed by atoms with Crippen LogP contribution >= 0.6 is 15.9 Å². The second-order valence-corrected chi connectivity index (χ2v) is 4.91. The second kappa shape index (κ2) is 4.55. The number of benzene rings is 1. The van der Waals surface area contributed by atoms with E-state index in [0.29, 0.717) is 22.8 Å². The van der Waals surface area contributed by atoms with Crippen molar-refractivity contribution in [2.45, 2.75) is 0 Å². The van der Waals surface area contributed by atoms with Gasteiger partial charge in [0.1, 0.15) is 17.3 Å². The van der Waals surface area contributed by atoms with Gasteiger partial charge in [-0.05, 0) is 40.2 Å². The van der Waals surface area contributed by atoms with Crippen LogP contribution in [0.3, 0.4) is 0 Å². The summed E-state index contributed by atoms with van der Waals surface area (Å²) in [6.07, 6.45) is 1.68. The molecule has 6 heteroatoms. The Morgan fingerprint density at radius 3 is 2.95 bits per heavy atom. The quantitative estimate of drug-likeness (QED) is 0.761. The summed E-state index contributed by atoms with van der Waals surface area (Å²) in [7, 11) is 1.58. The molecule has 0 saturated carbocycles. The van der Waals surface area contributed by atoms with Crippen LogP contribution in [-0.4, -0.2) is 27.2 Å². The molecule has 0 atom stereocenters. The molecule has 0 saturated heterocycles. The van der Waals surface area contributed by atoms with E-state index in [9.17, 15) is 5.11 Å².